The standard InChI is InChI=1S/C14H14Cl2O3/c15-10-3-1-8(5-11(10)16)6-14(13(17)18)7-9-2-4-12(14)19-9/h1,3,5,9,12H,2,4,6-7H2,(H,17,18). The lowest BCUT2D eigenvalue weighted by Crippen LogP contribution is -2.42. The Hall–Kier alpha value is -0.770. The van der Waals surface area contributed by atoms with Gasteiger partial charge in [0.05, 0.1) is 22.3 Å². The summed E-state index contributed by atoms with van der Waals surface area (Å²) in [6.45, 7) is 0. The first-order chi connectivity index (χ1) is 9.01. The van der Waals surface area contributed by atoms with E-state index in [0.29, 0.717) is 22.9 Å². The highest BCUT2D eigenvalue weighted by atomic mass is 35.5. The van der Waals surface area contributed by atoms with Crippen LogP contribution in [0.1, 0.15) is 24.8 Å². The van der Waals surface area contributed by atoms with E-state index >= 15 is 0 Å². The molecule has 3 nitrogen and oxygen atoms in total. The van der Waals surface area contributed by atoms with Gasteiger partial charge >= 0.3 is 5.97 Å². The topological polar surface area (TPSA) is 46.5 Å². The summed E-state index contributed by atoms with van der Waals surface area (Å²) in [6.07, 6.45) is 2.76. The number of benzene rings is 1. The molecule has 2 heterocycles. The average molecular weight is 301 g/mol. The Labute approximate surface area is 121 Å². The fourth-order valence-corrected chi connectivity index (χ4v) is 3.62. The quantitative estimate of drug-likeness (QED) is 0.928. The molecule has 1 aromatic rings. The summed E-state index contributed by atoms with van der Waals surface area (Å²) in [6, 6.07) is 5.30. The first-order valence-corrected chi connectivity index (χ1v) is 7.10. The predicted octanol–water partition coefficient (Wildman–Crippen LogP) is 3.56. The van der Waals surface area contributed by atoms with Crippen LogP contribution in [0.5, 0.6) is 0 Å². The normalized spacial score (nSPS) is 32.7. The molecule has 3 atom stereocenters. The predicted molar refractivity (Wildman–Crippen MR) is 72.7 cm³/mol. The number of hydrogen-bond acceptors (Lipinski definition) is 2. The third kappa shape index (κ3) is 2.14. The monoisotopic (exact) mass is 300 g/mol. The minimum absolute atomic E-state index is 0.101. The van der Waals surface area contributed by atoms with Gasteiger partial charge in [0.15, 0.2) is 0 Å². The lowest BCUT2D eigenvalue weighted by Gasteiger charge is -2.31. The Kier molecular flexibility index (Phi) is 3.24. The second kappa shape index (κ2) is 4.65. The number of carbonyl (C=O) groups is 1. The van der Waals surface area contributed by atoms with E-state index in [1.54, 1.807) is 12.1 Å². The molecule has 2 saturated heterocycles. The van der Waals surface area contributed by atoms with Crippen molar-refractivity contribution < 1.29 is 14.6 Å². The smallest absolute Gasteiger partial charge is 0.312 e. The SMILES string of the molecule is O=C(O)C1(Cc2ccc(Cl)c(Cl)c2)CC2CCC1O2. The summed E-state index contributed by atoms with van der Waals surface area (Å²) in [5.74, 6) is -0.772. The summed E-state index contributed by atoms with van der Waals surface area (Å²) in [7, 11) is 0. The highest BCUT2D eigenvalue weighted by Crippen LogP contribution is 2.50. The number of hydrogen-bond donors (Lipinski definition) is 1. The number of rotatable bonds is 3. The Morgan fingerprint density at radius 2 is 2.16 bits per heavy atom. The van der Waals surface area contributed by atoms with E-state index in [2.05, 4.69) is 0 Å². The molecule has 2 aliphatic heterocycles. The third-order valence-corrected chi connectivity index (χ3v) is 4.98. The summed E-state index contributed by atoms with van der Waals surface area (Å²) >= 11 is 11.9. The van der Waals surface area contributed by atoms with Gasteiger partial charge in [-0.1, -0.05) is 29.3 Å². The van der Waals surface area contributed by atoms with Crippen LogP contribution in [0.15, 0.2) is 18.2 Å². The van der Waals surface area contributed by atoms with Crippen molar-refractivity contribution in [3.63, 3.8) is 0 Å². The van der Waals surface area contributed by atoms with Gasteiger partial charge in [-0.05, 0) is 43.4 Å². The first-order valence-electron chi connectivity index (χ1n) is 6.34. The molecular formula is C14H14Cl2O3. The van der Waals surface area contributed by atoms with Crippen LogP contribution in [0.25, 0.3) is 0 Å². The molecule has 2 aliphatic rings. The molecule has 0 radical (unpaired) electrons. The van der Waals surface area contributed by atoms with Crippen LogP contribution in [0.2, 0.25) is 10.0 Å². The zero-order valence-corrected chi connectivity index (χ0v) is 11.7. The molecule has 3 unspecified atom stereocenters. The van der Waals surface area contributed by atoms with E-state index in [4.69, 9.17) is 27.9 Å². The average Bonchev–Trinajstić information content (AvgIpc) is 2.94. The van der Waals surface area contributed by atoms with Gasteiger partial charge in [-0.15, -0.1) is 0 Å². The van der Waals surface area contributed by atoms with Crippen molar-refractivity contribution in [1.29, 1.82) is 0 Å². The molecule has 1 N–H and O–H groups in total. The minimum Gasteiger partial charge on any atom is -0.481 e. The van der Waals surface area contributed by atoms with Gasteiger partial charge in [-0.3, -0.25) is 4.79 Å². The Balaban J connectivity index is 1.90. The van der Waals surface area contributed by atoms with Crippen LogP contribution >= 0.6 is 23.2 Å². The molecule has 2 bridgehead atoms. The second-order valence-corrected chi connectivity index (χ2v) is 6.23. The van der Waals surface area contributed by atoms with Crippen molar-refractivity contribution in [2.45, 2.75) is 37.9 Å². The van der Waals surface area contributed by atoms with Gasteiger partial charge in [0.2, 0.25) is 0 Å². The molecule has 1 aromatic carbocycles. The summed E-state index contributed by atoms with van der Waals surface area (Å²) in [5.41, 5.74) is 0.0908. The van der Waals surface area contributed by atoms with E-state index in [0.717, 1.165) is 18.4 Å². The van der Waals surface area contributed by atoms with Crippen LogP contribution < -0.4 is 0 Å². The van der Waals surface area contributed by atoms with Gasteiger partial charge in [-0.25, -0.2) is 0 Å². The van der Waals surface area contributed by atoms with E-state index in [9.17, 15) is 9.90 Å². The van der Waals surface area contributed by atoms with Gasteiger partial charge < -0.3 is 9.84 Å². The molecule has 5 heteroatoms. The Morgan fingerprint density at radius 3 is 2.68 bits per heavy atom. The van der Waals surface area contributed by atoms with Gasteiger partial charge in [0.25, 0.3) is 0 Å². The van der Waals surface area contributed by atoms with Crippen molar-refractivity contribution in [1.82, 2.24) is 0 Å². The Bertz CT molecular complexity index is 531. The zero-order valence-electron chi connectivity index (χ0n) is 10.2. The van der Waals surface area contributed by atoms with Gasteiger partial charge in [0.1, 0.15) is 5.41 Å². The van der Waals surface area contributed by atoms with E-state index < -0.39 is 11.4 Å². The maximum Gasteiger partial charge on any atom is 0.312 e. The molecule has 0 aliphatic carbocycles. The lowest BCUT2D eigenvalue weighted by atomic mass is 9.70. The zero-order chi connectivity index (χ0) is 13.6. The van der Waals surface area contributed by atoms with Crippen molar-refractivity contribution in [3.8, 4) is 0 Å². The van der Waals surface area contributed by atoms with Crippen molar-refractivity contribution in [3.05, 3.63) is 33.8 Å². The van der Waals surface area contributed by atoms with Crippen LogP contribution in [0.4, 0.5) is 0 Å². The fourth-order valence-electron chi connectivity index (χ4n) is 3.30. The van der Waals surface area contributed by atoms with Gasteiger partial charge in [-0.2, -0.15) is 0 Å². The van der Waals surface area contributed by atoms with Crippen LogP contribution in [-0.4, -0.2) is 23.3 Å². The van der Waals surface area contributed by atoms with Gasteiger partial charge in [0, 0.05) is 0 Å². The molecule has 0 spiro atoms. The third-order valence-electron chi connectivity index (χ3n) is 4.25. The minimum atomic E-state index is -0.805. The molecule has 0 aromatic heterocycles. The largest absolute Gasteiger partial charge is 0.481 e. The molecule has 19 heavy (non-hydrogen) atoms. The molecule has 2 fully saturated rings. The molecule has 0 amide bonds. The number of ether oxygens (including phenoxy) is 1. The molecular weight excluding hydrogens is 287 g/mol. The van der Waals surface area contributed by atoms with Crippen LogP contribution in [0.3, 0.4) is 0 Å². The number of carboxylic acids is 1. The maximum atomic E-state index is 11.7. The maximum absolute atomic E-state index is 11.7. The Morgan fingerprint density at radius 1 is 1.37 bits per heavy atom. The lowest BCUT2D eigenvalue weighted by molar-refractivity contribution is -0.152. The van der Waals surface area contributed by atoms with Crippen molar-refractivity contribution in [2.75, 3.05) is 0 Å². The number of carboxylic acid groups (broad SMARTS) is 1. The summed E-state index contributed by atoms with van der Waals surface area (Å²) < 4.78 is 5.74. The molecule has 0 saturated carbocycles. The number of aliphatic carboxylic acids is 1. The van der Waals surface area contributed by atoms with E-state index in [1.807, 2.05) is 6.07 Å². The van der Waals surface area contributed by atoms with Crippen LogP contribution in [0, 0.1) is 5.41 Å². The second-order valence-electron chi connectivity index (χ2n) is 5.41. The highest BCUT2D eigenvalue weighted by Gasteiger charge is 2.57. The first kappa shape index (κ1) is 13.2. The molecule has 102 valence electrons. The summed E-state index contributed by atoms with van der Waals surface area (Å²) in [5, 5.41) is 10.6. The summed E-state index contributed by atoms with van der Waals surface area (Å²) in [4.78, 5) is 11.7. The van der Waals surface area contributed by atoms with E-state index in [1.165, 1.54) is 0 Å². The van der Waals surface area contributed by atoms with Crippen molar-refractivity contribution >= 4 is 29.2 Å². The number of halogens is 2. The van der Waals surface area contributed by atoms with Crippen LogP contribution in [-0.2, 0) is 16.0 Å². The van der Waals surface area contributed by atoms with Crippen molar-refractivity contribution in [2.24, 2.45) is 5.41 Å². The number of fused-ring (bicyclic) bond motifs is 2. The van der Waals surface area contributed by atoms with E-state index in [-0.39, 0.29) is 12.2 Å². The highest BCUT2D eigenvalue weighted by molar-refractivity contribution is 6.42. The fraction of sp³-hybridized carbons (Fsp3) is 0.500. The molecule has 3 rings (SSSR count).